The third-order valence-corrected chi connectivity index (χ3v) is 6.96. The summed E-state index contributed by atoms with van der Waals surface area (Å²) in [6, 6.07) is 14.9. The largest absolute Gasteiger partial charge is 0.489 e. The van der Waals surface area contributed by atoms with Gasteiger partial charge in [0.05, 0.1) is 0 Å². The van der Waals surface area contributed by atoms with Crippen LogP contribution in [0.4, 0.5) is 0 Å². The summed E-state index contributed by atoms with van der Waals surface area (Å²) in [4.78, 5) is 11.4. The topological polar surface area (TPSA) is 55.8 Å². The van der Waals surface area contributed by atoms with Gasteiger partial charge in [0.2, 0.25) is 0 Å². The molecule has 0 bridgehead atoms. The maximum Gasteiger partial charge on any atom is 0.330 e. The van der Waals surface area contributed by atoms with Crippen molar-refractivity contribution in [3.8, 4) is 16.9 Å². The normalized spacial score (nSPS) is 17.8. The Morgan fingerprint density at radius 3 is 2.50 bits per heavy atom. The highest BCUT2D eigenvalue weighted by Crippen LogP contribution is 2.40. The lowest BCUT2D eigenvalue weighted by Crippen LogP contribution is -2.14. The molecule has 4 nitrogen and oxygen atoms in total. The van der Waals surface area contributed by atoms with Gasteiger partial charge in [-0.05, 0) is 66.7 Å². The molecule has 1 saturated carbocycles. The lowest BCUT2D eigenvalue weighted by atomic mass is 9.77. The number of ether oxygens (including phenoxy) is 2. The number of carbonyl (C=O) groups excluding carboxylic acids is 1. The molecule has 1 aliphatic carbocycles. The maximum atomic E-state index is 11.4. The van der Waals surface area contributed by atoms with E-state index in [9.17, 15) is 9.90 Å². The van der Waals surface area contributed by atoms with Crippen molar-refractivity contribution in [3.05, 3.63) is 66.2 Å². The number of esters is 1. The molecule has 2 aromatic carbocycles. The fraction of sp³-hybridized carbons (Fsp3) is 0.500. The lowest BCUT2D eigenvalue weighted by Gasteiger charge is -2.29. The van der Waals surface area contributed by atoms with Crippen LogP contribution in [-0.2, 0) is 16.0 Å². The molecule has 0 radical (unpaired) electrons. The number of aliphatic hydroxyl groups is 1. The molecule has 0 spiro atoms. The van der Waals surface area contributed by atoms with Crippen LogP contribution in [0.2, 0.25) is 0 Å². The van der Waals surface area contributed by atoms with Crippen LogP contribution < -0.4 is 4.74 Å². The summed E-state index contributed by atoms with van der Waals surface area (Å²) < 4.78 is 11.2. The molecule has 0 saturated heterocycles. The highest BCUT2D eigenvalue weighted by atomic mass is 16.6. The van der Waals surface area contributed by atoms with Gasteiger partial charge in [0, 0.05) is 18.2 Å². The number of hydrogen-bond donors (Lipinski definition) is 1. The molecule has 0 unspecified atom stereocenters. The summed E-state index contributed by atoms with van der Waals surface area (Å²) >= 11 is 0. The van der Waals surface area contributed by atoms with E-state index in [4.69, 9.17) is 9.47 Å². The van der Waals surface area contributed by atoms with Gasteiger partial charge in [-0.3, -0.25) is 0 Å². The van der Waals surface area contributed by atoms with Gasteiger partial charge >= 0.3 is 5.97 Å². The van der Waals surface area contributed by atoms with Crippen LogP contribution >= 0.6 is 0 Å². The highest BCUT2D eigenvalue weighted by molar-refractivity contribution is 5.81. The van der Waals surface area contributed by atoms with Crippen molar-refractivity contribution in [1.29, 1.82) is 0 Å². The Morgan fingerprint density at radius 1 is 1.06 bits per heavy atom. The van der Waals surface area contributed by atoms with Crippen LogP contribution in [0.15, 0.2) is 55.1 Å². The molecular formula is C30H40O4. The van der Waals surface area contributed by atoms with Crippen LogP contribution in [0.25, 0.3) is 11.1 Å². The van der Waals surface area contributed by atoms with Crippen LogP contribution in [0.5, 0.6) is 5.75 Å². The zero-order valence-corrected chi connectivity index (χ0v) is 20.6. The number of unbranched alkanes of at least 4 members (excludes halogenated alkanes) is 2. The summed E-state index contributed by atoms with van der Waals surface area (Å²) in [7, 11) is 0. The van der Waals surface area contributed by atoms with E-state index in [1.54, 1.807) is 0 Å². The molecular weight excluding hydrogens is 424 g/mol. The van der Waals surface area contributed by atoms with Gasteiger partial charge in [-0.2, -0.15) is 0 Å². The molecule has 1 N–H and O–H groups in total. The van der Waals surface area contributed by atoms with Crippen molar-refractivity contribution in [2.75, 3.05) is 19.8 Å². The van der Waals surface area contributed by atoms with Crippen molar-refractivity contribution in [2.45, 2.75) is 70.6 Å². The van der Waals surface area contributed by atoms with Gasteiger partial charge in [0.1, 0.15) is 19.0 Å². The zero-order valence-electron chi connectivity index (χ0n) is 20.6. The van der Waals surface area contributed by atoms with Crippen molar-refractivity contribution in [2.24, 2.45) is 5.92 Å². The maximum absolute atomic E-state index is 11.4. The van der Waals surface area contributed by atoms with E-state index in [0.29, 0.717) is 18.9 Å². The van der Waals surface area contributed by atoms with E-state index in [-0.39, 0.29) is 13.2 Å². The first-order chi connectivity index (χ1) is 16.6. The van der Waals surface area contributed by atoms with E-state index >= 15 is 0 Å². The standard InChI is InChI=1S/C30H40O4/c1-3-5-6-7-23-8-12-25(13-9-23)27-16-17-28(26-14-10-24(11-15-26)18-19-31)29(22-27)33-20-21-34-30(32)4-2/h4,10-11,14-17,22-23,25,31H,2-3,5-9,12-13,18-21H2,1H3. The molecule has 34 heavy (non-hydrogen) atoms. The SMILES string of the molecule is C=CC(=O)OCCOc1cc(C2CCC(CCCCC)CC2)ccc1-c1ccc(CCO)cc1. The third-order valence-electron chi connectivity index (χ3n) is 6.96. The Balaban J connectivity index is 1.72. The Morgan fingerprint density at radius 2 is 1.82 bits per heavy atom. The minimum absolute atomic E-state index is 0.146. The highest BCUT2D eigenvalue weighted by Gasteiger charge is 2.23. The predicted octanol–water partition coefficient (Wildman–Crippen LogP) is 6.85. The molecule has 1 aliphatic rings. The van der Waals surface area contributed by atoms with Gasteiger partial charge in [-0.25, -0.2) is 4.79 Å². The second-order valence-electron chi connectivity index (χ2n) is 9.36. The van der Waals surface area contributed by atoms with Gasteiger partial charge in [0.15, 0.2) is 0 Å². The quantitative estimate of drug-likeness (QED) is 0.200. The average Bonchev–Trinajstić information content (AvgIpc) is 2.87. The Bertz CT molecular complexity index is 895. The number of hydrogen-bond acceptors (Lipinski definition) is 4. The van der Waals surface area contributed by atoms with Gasteiger partial charge in [-0.15, -0.1) is 0 Å². The third kappa shape index (κ3) is 7.73. The summed E-state index contributed by atoms with van der Waals surface area (Å²) in [5.74, 6) is 1.85. The van der Waals surface area contributed by atoms with Crippen LogP contribution in [0.1, 0.15) is 75.3 Å². The van der Waals surface area contributed by atoms with Crippen LogP contribution in [0.3, 0.4) is 0 Å². The summed E-state index contributed by atoms with van der Waals surface area (Å²) in [5, 5.41) is 9.19. The average molecular weight is 465 g/mol. The first kappa shape index (κ1) is 26.0. The smallest absolute Gasteiger partial charge is 0.330 e. The molecule has 0 atom stereocenters. The van der Waals surface area contributed by atoms with Crippen LogP contribution in [0, 0.1) is 5.92 Å². The summed E-state index contributed by atoms with van der Waals surface area (Å²) in [6.07, 6.45) is 12.3. The van der Waals surface area contributed by atoms with Gasteiger partial charge in [-0.1, -0.05) is 75.6 Å². The first-order valence-corrected chi connectivity index (χ1v) is 12.9. The second-order valence-corrected chi connectivity index (χ2v) is 9.36. The van der Waals surface area contributed by atoms with E-state index in [2.05, 4.69) is 56.0 Å². The molecule has 3 rings (SSSR count). The van der Waals surface area contributed by atoms with Crippen molar-refractivity contribution < 1.29 is 19.4 Å². The Kier molecular flexibility index (Phi) is 10.7. The first-order valence-electron chi connectivity index (χ1n) is 12.9. The number of carbonyl (C=O) groups is 1. The molecule has 1 fully saturated rings. The van der Waals surface area contributed by atoms with Crippen molar-refractivity contribution in [1.82, 2.24) is 0 Å². The lowest BCUT2D eigenvalue weighted by molar-refractivity contribution is -0.138. The molecule has 4 heteroatoms. The number of aliphatic hydroxyl groups excluding tert-OH is 1. The molecule has 184 valence electrons. The van der Waals surface area contributed by atoms with E-state index in [0.717, 1.165) is 28.4 Å². The fourth-order valence-electron chi connectivity index (χ4n) is 4.95. The van der Waals surface area contributed by atoms with Gasteiger partial charge < -0.3 is 14.6 Å². The Hall–Kier alpha value is -2.59. The molecule has 0 amide bonds. The van der Waals surface area contributed by atoms with Crippen LogP contribution in [-0.4, -0.2) is 30.9 Å². The van der Waals surface area contributed by atoms with Crippen molar-refractivity contribution in [3.63, 3.8) is 0 Å². The summed E-state index contributed by atoms with van der Waals surface area (Å²) in [5.41, 5.74) is 4.55. The minimum Gasteiger partial charge on any atom is -0.489 e. The van der Waals surface area contributed by atoms with Crippen molar-refractivity contribution >= 4 is 5.97 Å². The summed E-state index contributed by atoms with van der Waals surface area (Å²) in [6.45, 7) is 6.33. The molecule has 0 aliphatic heterocycles. The fourth-order valence-corrected chi connectivity index (χ4v) is 4.95. The minimum atomic E-state index is -0.437. The molecule has 0 aromatic heterocycles. The zero-order chi connectivity index (χ0) is 24.2. The molecule has 2 aromatic rings. The number of rotatable bonds is 13. The molecule has 0 heterocycles. The van der Waals surface area contributed by atoms with Gasteiger partial charge in [0.25, 0.3) is 0 Å². The van der Waals surface area contributed by atoms with E-state index in [1.165, 1.54) is 63.0 Å². The van der Waals surface area contributed by atoms with E-state index < -0.39 is 5.97 Å². The predicted molar refractivity (Wildman–Crippen MR) is 138 cm³/mol. The monoisotopic (exact) mass is 464 g/mol. The second kappa shape index (κ2) is 14.0. The Labute approximate surface area is 205 Å². The van der Waals surface area contributed by atoms with E-state index in [1.807, 2.05) is 0 Å². The number of benzene rings is 2.